The lowest BCUT2D eigenvalue weighted by Gasteiger charge is -2.14. The molecule has 1 rings (SSSR count). The fourth-order valence-electron chi connectivity index (χ4n) is 1.29. The van der Waals surface area contributed by atoms with Crippen LogP contribution in [0.2, 0.25) is 0 Å². The average molecular weight is 270 g/mol. The molecule has 3 heteroatoms. The molecule has 0 amide bonds. The number of halogens is 2. The summed E-state index contributed by atoms with van der Waals surface area (Å²) in [5.74, 6) is 2.33. The van der Waals surface area contributed by atoms with E-state index >= 15 is 0 Å². The first-order valence-electron chi connectivity index (χ1n) is 4.84. The highest BCUT2D eigenvalue weighted by molar-refractivity contribution is 9.10. The number of nitrogens with one attached hydrogen (secondary N) is 1. The Morgan fingerprint density at radius 1 is 1.60 bits per heavy atom. The summed E-state index contributed by atoms with van der Waals surface area (Å²) in [7, 11) is 0. The fraction of sp³-hybridized carbons (Fsp3) is 0.333. The molecule has 0 aliphatic carbocycles. The third-order valence-corrected chi connectivity index (χ3v) is 2.89. The minimum atomic E-state index is -0.286. The Kier molecular flexibility index (Phi) is 4.80. The monoisotopic (exact) mass is 269 g/mol. The minimum absolute atomic E-state index is 0.241. The van der Waals surface area contributed by atoms with Gasteiger partial charge in [-0.2, -0.15) is 0 Å². The van der Waals surface area contributed by atoms with Crippen molar-refractivity contribution in [3.63, 3.8) is 0 Å². The smallest absolute Gasteiger partial charge is 0.137 e. The van der Waals surface area contributed by atoms with E-state index in [0.717, 1.165) is 18.5 Å². The molecule has 0 saturated heterocycles. The highest BCUT2D eigenvalue weighted by Crippen LogP contribution is 2.25. The SMILES string of the molecule is C#CC(NCCC)c1cccc(F)c1Br. The first-order chi connectivity index (χ1) is 7.20. The third-order valence-electron chi connectivity index (χ3n) is 2.06. The number of hydrogen-bond acceptors (Lipinski definition) is 1. The second-order valence-electron chi connectivity index (χ2n) is 3.20. The molecule has 80 valence electrons. The summed E-state index contributed by atoms with van der Waals surface area (Å²) < 4.78 is 13.7. The van der Waals surface area contributed by atoms with Crippen LogP contribution in [0.25, 0.3) is 0 Å². The number of terminal acetylenes is 1. The molecule has 0 bridgehead atoms. The van der Waals surface area contributed by atoms with Gasteiger partial charge in [-0.1, -0.05) is 25.0 Å². The van der Waals surface area contributed by atoms with Crippen molar-refractivity contribution in [2.45, 2.75) is 19.4 Å². The van der Waals surface area contributed by atoms with Crippen LogP contribution in [0.15, 0.2) is 22.7 Å². The predicted octanol–water partition coefficient (Wildman–Crippen LogP) is 3.26. The summed E-state index contributed by atoms with van der Waals surface area (Å²) in [6.07, 6.45) is 6.40. The van der Waals surface area contributed by atoms with Crippen LogP contribution in [0.5, 0.6) is 0 Å². The first-order valence-corrected chi connectivity index (χ1v) is 5.63. The van der Waals surface area contributed by atoms with Crippen molar-refractivity contribution in [1.82, 2.24) is 5.32 Å². The lowest BCUT2D eigenvalue weighted by Crippen LogP contribution is -2.21. The Balaban J connectivity index is 2.93. The number of hydrogen-bond donors (Lipinski definition) is 1. The Hall–Kier alpha value is -0.850. The van der Waals surface area contributed by atoms with Crippen molar-refractivity contribution in [3.05, 3.63) is 34.1 Å². The van der Waals surface area contributed by atoms with Crippen LogP contribution in [0.4, 0.5) is 4.39 Å². The maximum Gasteiger partial charge on any atom is 0.137 e. The van der Waals surface area contributed by atoms with Gasteiger partial charge in [0.15, 0.2) is 0 Å². The summed E-state index contributed by atoms with van der Waals surface area (Å²) in [4.78, 5) is 0. The summed E-state index contributed by atoms with van der Waals surface area (Å²) >= 11 is 3.20. The summed E-state index contributed by atoms with van der Waals surface area (Å²) in [6, 6.07) is 4.64. The molecule has 0 aromatic heterocycles. The molecule has 1 nitrogen and oxygen atoms in total. The van der Waals surface area contributed by atoms with Crippen molar-refractivity contribution in [2.75, 3.05) is 6.54 Å². The molecular formula is C12H13BrFN. The van der Waals surface area contributed by atoms with E-state index < -0.39 is 0 Å². The largest absolute Gasteiger partial charge is 0.300 e. The Bertz CT molecular complexity index is 370. The van der Waals surface area contributed by atoms with Gasteiger partial charge in [-0.25, -0.2) is 4.39 Å². The van der Waals surface area contributed by atoms with Crippen molar-refractivity contribution in [1.29, 1.82) is 0 Å². The van der Waals surface area contributed by atoms with Crippen LogP contribution in [0.3, 0.4) is 0 Å². The van der Waals surface area contributed by atoms with Gasteiger partial charge in [0.05, 0.1) is 10.5 Å². The molecule has 1 unspecified atom stereocenters. The maximum absolute atomic E-state index is 13.3. The molecule has 1 aromatic carbocycles. The standard InChI is InChI=1S/C12H13BrFN/c1-3-8-15-11(4-2)9-6-5-7-10(14)12(9)13/h2,5-7,11,15H,3,8H2,1H3. The second kappa shape index (κ2) is 5.89. The average Bonchev–Trinajstić information content (AvgIpc) is 2.25. The van der Waals surface area contributed by atoms with Gasteiger partial charge in [0, 0.05) is 0 Å². The van der Waals surface area contributed by atoms with Gasteiger partial charge in [0.2, 0.25) is 0 Å². The van der Waals surface area contributed by atoms with Gasteiger partial charge < -0.3 is 0 Å². The van der Waals surface area contributed by atoms with Crippen LogP contribution in [0.1, 0.15) is 24.9 Å². The van der Waals surface area contributed by atoms with Crippen molar-refractivity contribution in [3.8, 4) is 12.3 Å². The predicted molar refractivity (Wildman–Crippen MR) is 64.0 cm³/mol. The molecule has 1 N–H and O–H groups in total. The zero-order valence-corrected chi connectivity index (χ0v) is 10.1. The highest BCUT2D eigenvalue weighted by atomic mass is 79.9. The highest BCUT2D eigenvalue weighted by Gasteiger charge is 2.13. The van der Waals surface area contributed by atoms with E-state index in [-0.39, 0.29) is 11.9 Å². The molecule has 0 saturated carbocycles. The zero-order chi connectivity index (χ0) is 11.3. The quantitative estimate of drug-likeness (QED) is 0.828. The van der Waals surface area contributed by atoms with Crippen LogP contribution in [-0.4, -0.2) is 6.54 Å². The van der Waals surface area contributed by atoms with E-state index in [2.05, 4.69) is 34.1 Å². The van der Waals surface area contributed by atoms with E-state index in [1.807, 2.05) is 6.07 Å². The molecule has 0 spiro atoms. The van der Waals surface area contributed by atoms with E-state index in [9.17, 15) is 4.39 Å². The molecule has 0 aliphatic rings. The summed E-state index contributed by atoms with van der Waals surface area (Å²) in [6.45, 7) is 2.87. The van der Waals surface area contributed by atoms with Gasteiger partial charge in [0.1, 0.15) is 5.82 Å². The molecular weight excluding hydrogens is 257 g/mol. The Labute approximate surface area is 98.2 Å². The van der Waals surface area contributed by atoms with Crippen LogP contribution in [0, 0.1) is 18.2 Å². The van der Waals surface area contributed by atoms with Gasteiger partial charge in [-0.3, -0.25) is 5.32 Å². The van der Waals surface area contributed by atoms with Crippen molar-refractivity contribution >= 4 is 15.9 Å². The van der Waals surface area contributed by atoms with E-state index in [1.54, 1.807) is 6.07 Å². The van der Waals surface area contributed by atoms with E-state index in [0.29, 0.717) is 4.47 Å². The van der Waals surface area contributed by atoms with Crippen LogP contribution in [-0.2, 0) is 0 Å². The van der Waals surface area contributed by atoms with Gasteiger partial charge >= 0.3 is 0 Å². The maximum atomic E-state index is 13.3. The van der Waals surface area contributed by atoms with Crippen molar-refractivity contribution < 1.29 is 4.39 Å². The molecule has 1 aromatic rings. The van der Waals surface area contributed by atoms with Crippen molar-refractivity contribution in [2.24, 2.45) is 0 Å². The summed E-state index contributed by atoms with van der Waals surface area (Å²) in [5, 5.41) is 3.17. The van der Waals surface area contributed by atoms with Crippen LogP contribution >= 0.6 is 15.9 Å². The molecule has 0 heterocycles. The molecule has 15 heavy (non-hydrogen) atoms. The van der Waals surface area contributed by atoms with E-state index in [4.69, 9.17) is 6.42 Å². The van der Waals surface area contributed by atoms with Gasteiger partial charge in [-0.05, 0) is 40.5 Å². The second-order valence-corrected chi connectivity index (χ2v) is 3.99. The van der Waals surface area contributed by atoms with Gasteiger partial charge in [-0.15, -0.1) is 6.42 Å². The fourth-order valence-corrected chi connectivity index (χ4v) is 1.78. The zero-order valence-electron chi connectivity index (χ0n) is 8.56. The lowest BCUT2D eigenvalue weighted by atomic mass is 10.1. The lowest BCUT2D eigenvalue weighted by molar-refractivity contribution is 0.596. The molecule has 0 radical (unpaired) electrons. The van der Waals surface area contributed by atoms with E-state index in [1.165, 1.54) is 6.07 Å². The normalized spacial score (nSPS) is 12.1. The Morgan fingerprint density at radius 3 is 2.93 bits per heavy atom. The topological polar surface area (TPSA) is 12.0 Å². The minimum Gasteiger partial charge on any atom is -0.300 e. The Morgan fingerprint density at radius 2 is 2.33 bits per heavy atom. The molecule has 1 atom stereocenters. The number of rotatable bonds is 4. The van der Waals surface area contributed by atoms with Crippen LogP contribution < -0.4 is 5.32 Å². The molecule has 0 aliphatic heterocycles. The first kappa shape index (κ1) is 12.2. The van der Waals surface area contributed by atoms with Gasteiger partial charge in [0.25, 0.3) is 0 Å². The molecule has 0 fully saturated rings. The number of benzene rings is 1. The third kappa shape index (κ3) is 3.05. The summed E-state index contributed by atoms with van der Waals surface area (Å²) in [5.41, 5.74) is 0.769.